The van der Waals surface area contributed by atoms with Crippen LogP contribution in [0.4, 0.5) is 5.82 Å². The number of anilines is 1. The molecule has 0 amide bonds. The minimum atomic E-state index is 0.159. The van der Waals surface area contributed by atoms with Gasteiger partial charge in [0.1, 0.15) is 17.2 Å². The van der Waals surface area contributed by atoms with Crippen LogP contribution in [0, 0.1) is 11.8 Å². The number of hydrogen-bond donors (Lipinski definition) is 1. The van der Waals surface area contributed by atoms with Gasteiger partial charge in [-0.2, -0.15) is 0 Å². The smallest absolute Gasteiger partial charge is 0.151 e. The van der Waals surface area contributed by atoms with Crippen LogP contribution >= 0.6 is 0 Å². The van der Waals surface area contributed by atoms with Crippen molar-refractivity contribution in [3.05, 3.63) is 29.3 Å². The number of aryl methyl sites for hydroxylation is 1. The van der Waals surface area contributed by atoms with Crippen LogP contribution < -0.4 is 9.64 Å². The summed E-state index contributed by atoms with van der Waals surface area (Å²) in [5.41, 5.74) is 3.45. The zero-order valence-electron chi connectivity index (χ0n) is 21.2. The second-order valence-electron chi connectivity index (χ2n) is 10.2. The topological polar surface area (TPSA) is 67.7 Å². The molecule has 0 spiro atoms. The Hall–Kier alpha value is -2.34. The van der Waals surface area contributed by atoms with Crippen molar-refractivity contribution in [1.29, 1.82) is 0 Å². The highest BCUT2D eigenvalue weighted by atomic mass is 16.5. The molecule has 0 bridgehead atoms. The van der Waals surface area contributed by atoms with E-state index in [2.05, 4.69) is 35.1 Å². The number of aromatic hydroxyl groups is 1. The minimum Gasteiger partial charge on any atom is -0.507 e. The fraction of sp³-hybridized carbons (Fsp3) is 0.643. The van der Waals surface area contributed by atoms with Gasteiger partial charge < -0.3 is 19.5 Å². The molecule has 1 aliphatic heterocycles. The van der Waals surface area contributed by atoms with Gasteiger partial charge in [0, 0.05) is 31.8 Å². The van der Waals surface area contributed by atoms with Crippen molar-refractivity contribution in [2.45, 2.75) is 77.7 Å². The van der Waals surface area contributed by atoms with Crippen molar-refractivity contribution in [2.24, 2.45) is 11.8 Å². The van der Waals surface area contributed by atoms with Gasteiger partial charge in [-0.05, 0) is 60.8 Å². The Morgan fingerprint density at radius 1 is 1.06 bits per heavy atom. The van der Waals surface area contributed by atoms with Crippen LogP contribution in [0.2, 0.25) is 0 Å². The molecule has 1 N–H and O–H groups in total. The van der Waals surface area contributed by atoms with Gasteiger partial charge >= 0.3 is 0 Å². The Bertz CT molecular complexity index is 949. The van der Waals surface area contributed by atoms with E-state index in [4.69, 9.17) is 9.47 Å². The normalized spacial score (nSPS) is 20.8. The number of rotatable bonds is 7. The van der Waals surface area contributed by atoms with Gasteiger partial charge in [-0.3, -0.25) is 0 Å². The Morgan fingerprint density at radius 2 is 1.85 bits per heavy atom. The first-order valence-corrected chi connectivity index (χ1v) is 13.1. The number of nitrogens with zero attached hydrogens (tertiary/aromatic N) is 3. The zero-order valence-corrected chi connectivity index (χ0v) is 21.2. The fourth-order valence-corrected chi connectivity index (χ4v) is 5.71. The largest absolute Gasteiger partial charge is 0.507 e. The van der Waals surface area contributed by atoms with Crippen molar-refractivity contribution in [3.63, 3.8) is 0 Å². The molecule has 2 aliphatic rings. The summed E-state index contributed by atoms with van der Waals surface area (Å²) in [6, 6.07) is 5.72. The van der Waals surface area contributed by atoms with E-state index in [0.29, 0.717) is 24.5 Å². The molecule has 4 rings (SSSR count). The van der Waals surface area contributed by atoms with Crippen molar-refractivity contribution in [2.75, 3.05) is 32.2 Å². The first kappa shape index (κ1) is 24.8. The predicted molar refractivity (Wildman–Crippen MR) is 137 cm³/mol. The van der Waals surface area contributed by atoms with Crippen LogP contribution in [0.3, 0.4) is 0 Å². The van der Waals surface area contributed by atoms with Gasteiger partial charge in [-0.15, -0.1) is 10.2 Å². The van der Waals surface area contributed by atoms with Gasteiger partial charge in [0.15, 0.2) is 5.82 Å². The van der Waals surface area contributed by atoms with Crippen molar-refractivity contribution < 1.29 is 14.6 Å². The third kappa shape index (κ3) is 6.01. The molecule has 1 aromatic heterocycles. The summed E-state index contributed by atoms with van der Waals surface area (Å²) < 4.78 is 11.2. The number of benzene rings is 1. The van der Waals surface area contributed by atoms with Crippen LogP contribution in [0.5, 0.6) is 11.5 Å². The van der Waals surface area contributed by atoms with Crippen LogP contribution in [0.15, 0.2) is 18.2 Å². The van der Waals surface area contributed by atoms with E-state index in [0.717, 1.165) is 53.9 Å². The average Bonchev–Trinajstić information content (AvgIpc) is 3.02. The van der Waals surface area contributed by atoms with Gasteiger partial charge in [-0.1, -0.05) is 45.4 Å². The lowest BCUT2D eigenvalue weighted by Gasteiger charge is -2.24. The second kappa shape index (κ2) is 11.9. The van der Waals surface area contributed by atoms with Gasteiger partial charge in [0.2, 0.25) is 0 Å². The summed E-state index contributed by atoms with van der Waals surface area (Å²) in [5.74, 6) is 3.41. The molecule has 1 unspecified atom stereocenters. The number of methoxy groups -OCH3 is 1. The molecule has 0 radical (unpaired) electrons. The van der Waals surface area contributed by atoms with E-state index >= 15 is 0 Å². The third-order valence-electron chi connectivity index (χ3n) is 7.60. The van der Waals surface area contributed by atoms with Gasteiger partial charge in [-0.25, -0.2) is 0 Å². The molecular formula is C28H41N3O3. The molecule has 1 aliphatic carbocycles. The van der Waals surface area contributed by atoms with Crippen molar-refractivity contribution >= 4 is 5.82 Å². The van der Waals surface area contributed by atoms with Crippen molar-refractivity contribution in [1.82, 2.24) is 10.2 Å². The molecule has 2 atom stereocenters. The molecular weight excluding hydrogens is 426 g/mol. The molecule has 186 valence electrons. The standard InChI is InChI=1S/C28H41N3O3/c1-4-8-20-9-5-6-10-21(15-20)12-13-31(2)26-17-22-11-7-14-34-19-23-16-24(33-3)18-25(32)27(23)28(22)30-29-26/h16-18,20-21,32H,4-15,19H2,1-3H3/t20?,21-/m0/s1. The summed E-state index contributed by atoms with van der Waals surface area (Å²) in [7, 11) is 3.73. The van der Waals surface area contributed by atoms with Gasteiger partial charge in [0.05, 0.1) is 13.7 Å². The Morgan fingerprint density at radius 3 is 2.62 bits per heavy atom. The minimum absolute atomic E-state index is 0.159. The highest BCUT2D eigenvalue weighted by Gasteiger charge is 2.23. The molecule has 34 heavy (non-hydrogen) atoms. The van der Waals surface area contributed by atoms with E-state index in [1.807, 2.05) is 6.07 Å². The predicted octanol–water partition coefficient (Wildman–Crippen LogP) is 6.14. The molecule has 1 aromatic carbocycles. The van der Waals surface area contributed by atoms with E-state index in [1.165, 1.54) is 51.4 Å². The molecule has 1 saturated carbocycles. The average molecular weight is 468 g/mol. The molecule has 6 heteroatoms. The first-order chi connectivity index (χ1) is 16.6. The summed E-state index contributed by atoms with van der Waals surface area (Å²) in [5, 5.41) is 20.0. The number of fused-ring (bicyclic) bond motifs is 3. The monoisotopic (exact) mass is 467 g/mol. The highest BCUT2D eigenvalue weighted by Crippen LogP contribution is 2.39. The lowest BCUT2D eigenvalue weighted by atomic mass is 9.88. The highest BCUT2D eigenvalue weighted by molar-refractivity contribution is 5.75. The van der Waals surface area contributed by atoms with Crippen LogP contribution in [-0.4, -0.2) is 42.6 Å². The number of phenols is 1. The maximum atomic E-state index is 10.8. The lowest BCUT2D eigenvalue weighted by molar-refractivity contribution is 0.119. The quantitative estimate of drug-likeness (QED) is 0.493. The maximum Gasteiger partial charge on any atom is 0.151 e. The van der Waals surface area contributed by atoms with E-state index in [-0.39, 0.29) is 5.75 Å². The summed E-state index contributed by atoms with van der Waals surface area (Å²) in [4.78, 5) is 2.25. The lowest BCUT2D eigenvalue weighted by Crippen LogP contribution is -2.23. The van der Waals surface area contributed by atoms with Crippen LogP contribution in [-0.2, 0) is 17.8 Å². The second-order valence-corrected chi connectivity index (χ2v) is 10.2. The van der Waals surface area contributed by atoms with E-state index < -0.39 is 0 Å². The summed E-state index contributed by atoms with van der Waals surface area (Å²) in [6.45, 7) is 4.41. The van der Waals surface area contributed by atoms with E-state index in [9.17, 15) is 5.11 Å². The molecule has 1 fully saturated rings. The number of ether oxygens (including phenoxy) is 2. The summed E-state index contributed by atoms with van der Waals surface area (Å²) >= 11 is 0. The first-order valence-electron chi connectivity index (χ1n) is 13.1. The molecule has 0 saturated heterocycles. The Kier molecular flexibility index (Phi) is 8.65. The fourth-order valence-electron chi connectivity index (χ4n) is 5.71. The summed E-state index contributed by atoms with van der Waals surface area (Å²) in [6.07, 6.45) is 12.6. The molecule has 6 nitrogen and oxygen atoms in total. The molecule has 2 heterocycles. The number of aromatic nitrogens is 2. The Labute approximate surface area is 204 Å². The maximum absolute atomic E-state index is 10.8. The number of phenolic OH excluding ortho intramolecular Hbond substituents is 1. The SMILES string of the molecule is CCCC1CCCC[C@@H](CCN(C)c2cc3c(nn2)-c2c(O)cc(OC)cc2COCCC3)C1. The van der Waals surface area contributed by atoms with Gasteiger partial charge in [0.25, 0.3) is 0 Å². The van der Waals surface area contributed by atoms with Crippen LogP contribution in [0.1, 0.15) is 75.8 Å². The molecule has 2 aromatic rings. The van der Waals surface area contributed by atoms with Crippen molar-refractivity contribution in [3.8, 4) is 22.8 Å². The van der Waals surface area contributed by atoms with Crippen LogP contribution in [0.25, 0.3) is 11.3 Å². The zero-order chi connectivity index (χ0) is 23.9. The number of hydrogen-bond acceptors (Lipinski definition) is 6. The Balaban J connectivity index is 1.52. The van der Waals surface area contributed by atoms with E-state index in [1.54, 1.807) is 13.2 Å². The third-order valence-corrected chi connectivity index (χ3v) is 7.60.